The summed E-state index contributed by atoms with van der Waals surface area (Å²) in [6.45, 7) is 16.0. The second-order valence-corrected chi connectivity index (χ2v) is 23.0. The molecule has 5 unspecified atom stereocenters. The Morgan fingerprint density at radius 1 is 0.729 bits per heavy atom. The van der Waals surface area contributed by atoms with Crippen molar-refractivity contribution in [2.45, 2.75) is 122 Å². The summed E-state index contributed by atoms with van der Waals surface area (Å²) in [6, 6.07) is 17.0. The third kappa shape index (κ3) is 6.76. The third-order valence-electron chi connectivity index (χ3n) is 18.7. The van der Waals surface area contributed by atoms with Gasteiger partial charge in [-0.25, -0.2) is 4.79 Å². The summed E-state index contributed by atoms with van der Waals surface area (Å²) in [4.78, 5) is 64.9. The van der Waals surface area contributed by atoms with E-state index in [1.807, 2.05) is 42.5 Å². The number of hydrogen-bond donors (Lipinski definition) is 2. The number of ether oxygens (including phenoxy) is 3. The molecule has 10 atom stereocenters. The Labute approximate surface area is 409 Å². The Balaban J connectivity index is 0.768. The predicted molar refractivity (Wildman–Crippen MR) is 256 cm³/mol. The van der Waals surface area contributed by atoms with Crippen LogP contribution in [-0.4, -0.2) is 98.4 Å². The molecule has 6 saturated carbocycles. The van der Waals surface area contributed by atoms with Gasteiger partial charge in [0, 0.05) is 54.2 Å². The summed E-state index contributed by atoms with van der Waals surface area (Å²) >= 11 is 0. The van der Waals surface area contributed by atoms with Crippen molar-refractivity contribution in [2.75, 3.05) is 31.6 Å². The molecule has 4 amide bonds. The zero-order valence-corrected chi connectivity index (χ0v) is 41.0. The summed E-state index contributed by atoms with van der Waals surface area (Å²) in [5, 5.41) is 5.61. The third-order valence-corrected chi connectivity index (χ3v) is 18.7. The van der Waals surface area contributed by atoms with E-state index in [0.29, 0.717) is 63.1 Å². The number of esters is 1. The lowest BCUT2D eigenvalue weighted by Gasteiger charge is -2.64. The minimum absolute atomic E-state index is 0.00591. The van der Waals surface area contributed by atoms with Crippen molar-refractivity contribution in [3.05, 3.63) is 76.9 Å². The minimum Gasteiger partial charge on any atom is -0.456 e. The van der Waals surface area contributed by atoms with E-state index in [1.54, 1.807) is 19.1 Å². The van der Waals surface area contributed by atoms with Gasteiger partial charge in [0.15, 0.2) is 5.60 Å². The number of hydrogen-bond acceptors (Lipinski definition) is 12. The van der Waals surface area contributed by atoms with Gasteiger partial charge >= 0.3 is 20.2 Å². The van der Waals surface area contributed by atoms with Crippen LogP contribution in [0.4, 0.5) is 5.69 Å². The van der Waals surface area contributed by atoms with Gasteiger partial charge in [-0.1, -0.05) is 65.0 Å². The summed E-state index contributed by atoms with van der Waals surface area (Å²) in [5.41, 5.74) is 2.47. The van der Waals surface area contributed by atoms with Crippen molar-refractivity contribution in [2.24, 2.45) is 40.4 Å². The van der Waals surface area contributed by atoms with Crippen LogP contribution in [0, 0.1) is 40.4 Å². The largest absolute Gasteiger partial charge is 0.494 e. The van der Waals surface area contributed by atoms with Crippen LogP contribution in [0.25, 0.3) is 0 Å². The lowest BCUT2D eigenvalue weighted by Crippen LogP contribution is -2.65. The molecule has 0 aromatic heterocycles. The van der Waals surface area contributed by atoms with Gasteiger partial charge in [-0.2, -0.15) is 0 Å². The molecule has 3 aromatic carbocycles. The predicted octanol–water partition coefficient (Wildman–Crippen LogP) is 5.37. The molecule has 2 N–H and O–H groups in total. The van der Waals surface area contributed by atoms with E-state index in [-0.39, 0.29) is 98.2 Å². The number of nitrogens with zero attached hydrogens (tertiary/aromatic N) is 1. The fourth-order valence-corrected chi connectivity index (χ4v) is 14.3. The quantitative estimate of drug-likeness (QED) is 0.103. The maximum Gasteiger partial charge on any atom is 0.494 e. The molecule has 15 nitrogen and oxygen atoms in total. The van der Waals surface area contributed by atoms with E-state index >= 15 is 0 Å². The molecule has 5 heterocycles. The fourth-order valence-electron chi connectivity index (χ4n) is 14.3. The van der Waals surface area contributed by atoms with Crippen LogP contribution in [0.3, 0.4) is 0 Å². The fraction of sp³-hybridized carbons (Fsp3) is 0.566. The van der Waals surface area contributed by atoms with Gasteiger partial charge in [0.1, 0.15) is 11.5 Å². The van der Waals surface area contributed by atoms with E-state index in [1.165, 1.54) is 0 Å². The standard InChI is InChI=1S/C53H61B2N3O12/c1-28-20-46(61)58(47(28)62)17-14-44(59)56-16-19-64-18-15-45(60)57-33-10-13-35-34(27-33)48(63)66-53(35)36-11-8-31(54-67-42-23-29-21-40(49(29,2)3)51(42,6)69-54)25-38(36)65-39-26-32(9-12-37(39)53)55-68-43-24-30-22-41(50(30,4)5)52(43,7)70-55/h8-13,25-30,40-43H,14-24H2,1-7H3,(H,56,59)(H,57,60)/t28?,29-,30?,40-,41-,42?,43?,51-,52-,53?/m0/s1. The second kappa shape index (κ2) is 16.0. The average molecular weight is 954 g/mol. The van der Waals surface area contributed by atoms with Gasteiger partial charge in [0.25, 0.3) is 0 Å². The first-order valence-corrected chi connectivity index (χ1v) is 25.3. The van der Waals surface area contributed by atoms with Crippen molar-refractivity contribution in [1.29, 1.82) is 0 Å². The van der Waals surface area contributed by atoms with Crippen LogP contribution in [0.1, 0.15) is 120 Å². The second-order valence-electron chi connectivity index (χ2n) is 23.0. The van der Waals surface area contributed by atoms with Gasteiger partial charge in [0.2, 0.25) is 23.6 Å². The van der Waals surface area contributed by atoms with Crippen LogP contribution in [0.5, 0.6) is 11.5 Å². The van der Waals surface area contributed by atoms with Crippen LogP contribution < -0.4 is 26.3 Å². The Morgan fingerprint density at radius 2 is 1.31 bits per heavy atom. The molecule has 17 heteroatoms. The van der Waals surface area contributed by atoms with Gasteiger partial charge < -0.3 is 43.5 Å². The van der Waals surface area contributed by atoms with E-state index in [4.69, 9.17) is 32.8 Å². The molecule has 366 valence electrons. The molecule has 11 aliphatic rings. The highest BCUT2D eigenvalue weighted by atomic mass is 16.7. The Bertz CT molecular complexity index is 2660. The molecular formula is C53H61B2N3O12. The highest BCUT2D eigenvalue weighted by Gasteiger charge is 2.69. The van der Waals surface area contributed by atoms with E-state index in [9.17, 15) is 24.0 Å². The Morgan fingerprint density at radius 3 is 1.87 bits per heavy atom. The number of likely N-dealkylation sites (tertiary alicyclic amines) is 1. The molecular weight excluding hydrogens is 892 g/mol. The lowest BCUT2D eigenvalue weighted by molar-refractivity contribution is -0.199. The topological polar surface area (TPSA) is 177 Å². The molecule has 3 saturated heterocycles. The zero-order valence-electron chi connectivity index (χ0n) is 41.0. The van der Waals surface area contributed by atoms with E-state index in [2.05, 4.69) is 52.2 Å². The van der Waals surface area contributed by atoms with Gasteiger partial charge in [-0.3, -0.25) is 24.1 Å². The number of amides is 4. The van der Waals surface area contributed by atoms with Crippen molar-refractivity contribution in [3.8, 4) is 11.5 Å². The first-order chi connectivity index (χ1) is 33.3. The molecule has 0 radical (unpaired) electrons. The van der Waals surface area contributed by atoms with Crippen LogP contribution in [0.2, 0.25) is 0 Å². The number of carbonyl (C=O) groups is 5. The molecule has 5 aliphatic heterocycles. The van der Waals surface area contributed by atoms with Gasteiger partial charge in [0.05, 0.1) is 48.6 Å². The first kappa shape index (κ1) is 46.0. The maximum atomic E-state index is 14.2. The number of nitrogens with one attached hydrogen (secondary N) is 2. The first-order valence-electron chi connectivity index (χ1n) is 25.3. The van der Waals surface area contributed by atoms with Crippen molar-refractivity contribution < 1.29 is 56.8 Å². The number of fused-ring (bicyclic) bond motifs is 6. The van der Waals surface area contributed by atoms with Crippen LogP contribution in [0.15, 0.2) is 54.6 Å². The molecule has 3 aromatic rings. The Kier molecular flexibility index (Phi) is 10.5. The van der Waals surface area contributed by atoms with Gasteiger partial charge in [-0.05, 0) is 109 Å². The summed E-state index contributed by atoms with van der Waals surface area (Å²) in [7, 11) is -1.19. The molecule has 1 spiro atoms. The number of benzene rings is 3. The molecule has 70 heavy (non-hydrogen) atoms. The van der Waals surface area contributed by atoms with E-state index < -0.39 is 37.0 Å². The van der Waals surface area contributed by atoms with Gasteiger partial charge in [-0.15, -0.1) is 0 Å². The maximum absolute atomic E-state index is 14.2. The molecule has 4 bridgehead atoms. The number of rotatable bonds is 12. The summed E-state index contributed by atoms with van der Waals surface area (Å²) < 4.78 is 46.4. The average Bonchev–Trinajstić information content (AvgIpc) is 4.03. The van der Waals surface area contributed by atoms with Crippen molar-refractivity contribution in [1.82, 2.24) is 10.2 Å². The van der Waals surface area contributed by atoms with Crippen molar-refractivity contribution in [3.63, 3.8) is 0 Å². The number of imide groups is 1. The normalized spacial score (nSPS) is 34.1. The van der Waals surface area contributed by atoms with Crippen LogP contribution in [-0.2, 0) is 52.9 Å². The van der Waals surface area contributed by atoms with E-state index in [0.717, 1.165) is 41.5 Å². The SMILES string of the molecule is CC1CC(=O)N(CCC(=O)NCCOCCC(=O)Nc2ccc3c(c2)C(=O)OC32c3ccc(B4OC5CC6C[C@@H](C6(C)C)[C@]5(C)O4)cc3Oc3cc(B4OC5C[C@@H]6C[C@@H](C6(C)C)[C@]5(C)O4)ccc32)C1=O. The number of anilines is 1. The lowest BCUT2D eigenvalue weighted by atomic mass is 9.43. The van der Waals surface area contributed by atoms with Crippen molar-refractivity contribution >= 4 is 60.4 Å². The summed E-state index contributed by atoms with van der Waals surface area (Å²) in [5.74, 6) is 0.995. The highest BCUT2D eigenvalue weighted by molar-refractivity contribution is 6.62. The smallest absolute Gasteiger partial charge is 0.456 e. The molecule has 9 fully saturated rings. The minimum atomic E-state index is -1.38. The molecule has 14 rings (SSSR count). The zero-order chi connectivity index (χ0) is 48.9. The highest BCUT2D eigenvalue weighted by Crippen LogP contribution is 2.67. The number of carbonyl (C=O) groups excluding carboxylic acids is 5. The summed E-state index contributed by atoms with van der Waals surface area (Å²) in [6.07, 6.45) is 4.39. The molecule has 6 aliphatic carbocycles. The van der Waals surface area contributed by atoms with Crippen LogP contribution >= 0.6 is 0 Å². The monoisotopic (exact) mass is 953 g/mol. The Hall–Kier alpha value is -5.06.